The Hall–Kier alpha value is -0.130. The number of rotatable bonds is 10. The molecule has 0 radical (unpaired) electrons. The monoisotopic (exact) mass is 262 g/mol. The summed E-state index contributed by atoms with van der Waals surface area (Å²) in [5.41, 5.74) is 0. The van der Waals surface area contributed by atoms with E-state index in [1.165, 1.54) is 19.3 Å². The lowest BCUT2D eigenvalue weighted by molar-refractivity contribution is 0.297. The van der Waals surface area contributed by atoms with Gasteiger partial charge < -0.3 is 5.32 Å². The second-order valence-corrected chi connectivity index (χ2v) is 6.83. The molecule has 5 heteroatoms. The summed E-state index contributed by atoms with van der Waals surface area (Å²) >= 11 is 0. The van der Waals surface area contributed by atoms with E-state index in [0.29, 0.717) is 13.0 Å². The van der Waals surface area contributed by atoms with E-state index in [2.05, 4.69) is 17.0 Å². The molecule has 0 saturated heterocycles. The summed E-state index contributed by atoms with van der Waals surface area (Å²) in [5.74, 6) is 1.01. The average molecular weight is 262 g/mol. The third-order valence-electron chi connectivity index (χ3n) is 3.29. The van der Waals surface area contributed by atoms with E-state index in [9.17, 15) is 8.42 Å². The molecule has 1 rings (SSSR count). The summed E-state index contributed by atoms with van der Waals surface area (Å²) in [6.45, 7) is 4.48. The first-order chi connectivity index (χ1) is 8.14. The van der Waals surface area contributed by atoms with Crippen LogP contribution in [0.2, 0.25) is 0 Å². The van der Waals surface area contributed by atoms with Crippen LogP contribution in [0.4, 0.5) is 0 Å². The number of hydrogen-bond acceptors (Lipinski definition) is 3. The molecule has 0 bridgehead atoms. The Labute approximate surface area is 106 Å². The van der Waals surface area contributed by atoms with Gasteiger partial charge >= 0.3 is 0 Å². The van der Waals surface area contributed by atoms with Crippen molar-refractivity contribution in [3.05, 3.63) is 0 Å². The molecular weight excluding hydrogens is 236 g/mol. The minimum Gasteiger partial charge on any atom is -0.317 e. The highest BCUT2D eigenvalue weighted by atomic mass is 32.2. The van der Waals surface area contributed by atoms with E-state index in [4.69, 9.17) is 0 Å². The number of nitrogens with one attached hydrogen (secondary N) is 2. The molecule has 0 spiro atoms. The summed E-state index contributed by atoms with van der Waals surface area (Å²) in [7, 11) is -3.04. The molecule has 0 aromatic carbocycles. The Kier molecular flexibility index (Phi) is 7.08. The molecule has 1 fully saturated rings. The lowest BCUT2D eigenvalue weighted by atomic mass is 9.83. The van der Waals surface area contributed by atoms with Gasteiger partial charge in [-0.15, -0.1) is 0 Å². The summed E-state index contributed by atoms with van der Waals surface area (Å²) in [6, 6.07) is 0. The Morgan fingerprint density at radius 3 is 2.53 bits per heavy atom. The zero-order chi connectivity index (χ0) is 12.6. The van der Waals surface area contributed by atoms with Crippen LogP contribution in [0.1, 0.15) is 45.4 Å². The first-order valence-electron chi connectivity index (χ1n) is 6.82. The molecule has 4 nitrogen and oxygen atoms in total. The molecule has 0 amide bonds. The smallest absolute Gasteiger partial charge is 0.211 e. The Morgan fingerprint density at radius 2 is 1.94 bits per heavy atom. The second-order valence-electron chi connectivity index (χ2n) is 4.90. The van der Waals surface area contributed by atoms with Gasteiger partial charge in [0, 0.05) is 6.54 Å². The van der Waals surface area contributed by atoms with Crippen LogP contribution in [0.5, 0.6) is 0 Å². The minimum atomic E-state index is -3.04. The number of hydrogen-bond donors (Lipinski definition) is 2. The van der Waals surface area contributed by atoms with Crippen molar-refractivity contribution in [3.63, 3.8) is 0 Å². The molecule has 0 unspecified atom stereocenters. The Bertz CT molecular complexity index is 287. The SMILES string of the molecule is CCCNCCCS(=O)(=O)NCCC1CCC1. The lowest BCUT2D eigenvalue weighted by Gasteiger charge is -2.25. The van der Waals surface area contributed by atoms with Gasteiger partial charge in [0.05, 0.1) is 5.75 Å². The van der Waals surface area contributed by atoms with Crippen LogP contribution in [-0.2, 0) is 10.0 Å². The molecule has 0 atom stereocenters. The molecule has 0 aliphatic heterocycles. The van der Waals surface area contributed by atoms with Crippen molar-refractivity contribution in [2.45, 2.75) is 45.4 Å². The zero-order valence-electron chi connectivity index (χ0n) is 10.9. The fraction of sp³-hybridized carbons (Fsp3) is 1.00. The molecular formula is C12H26N2O2S. The van der Waals surface area contributed by atoms with Gasteiger partial charge in [-0.25, -0.2) is 13.1 Å². The van der Waals surface area contributed by atoms with Gasteiger partial charge in [0.25, 0.3) is 0 Å². The van der Waals surface area contributed by atoms with Crippen LogP contribution in [0.3, 0.4) is 0 Å². The van der Waals surface area contributed by atoms with Crippen LogP contribution in [0.25, 0.3) is 0 Å². The topological polar surface area (TPSA) is 58.2 Å². The fourth-order valence-electron chi connectivity index (χ4n) is 1.96. The largest absolute Gasteiger partial charge is 0.317 e. The lowest BCUT2D eigenvalue weighted by Crippen LogP contribution is -2.30. The fourth-order valence-corrected chi connectivity index (χ4v) is 3.06. The average Bonchev–Trinajstić information content (AvgIpc) is 2.21. The van der Waals surface area contributed by atoms with E-state index in [-0.39, 0.29) is 5.75 Å². The van der Waals surface area contributed by atoms with E-state index < -0.39 is 10.0 Å². The van der Waals surface area contributed by atoms with Crippen molar-refractivity contribution in [1.29, 1.82) is 0 Å². The van der Waals surface area contributed by atoms with E-state index in [1.54, 1.807) is 0 Å². The van der Waals surface area contributed by atoms with Crippen molar-refractivity contribution in [2.75, 3.05) is 25.4 Å². The summed E-state index contributed by atoms with van der Waals surface area (Å²) in [5, 5.41) is 3.21. The van der Waals surface area contributed by atoms with Gasteiger partial charge in [-0.1, -0.05) is 26.2 Å². The van der Waals surface area contributed by atoms with Crippen LogP contribution >= 0.6 is 0 Å². The molecule has 0 aromatic rings. The third kappa shape index (κ3) is 7.01. The van der Waals surface area contributed by atoms with Gasteiger partial charge in [0.2, 0.25) is 10.0 Å². The van der Waals surface area contributed by atoms with E-state index in [1.807, 2.05) is 0 Å². The maximum Gasteiger partial charge on any atom is 0.211 e. The molecule has 1 saturated carbocycles. The predicted molar refractivity (Wildman–Crippen MR) is 71.5 cm³/mol. The van der Waals surface area contributed by atoms with Gasteiger partial charge in [-0.3, -0.25) is 0 Å². The molecule has 1 aliphatic carbocycles. The highest BCUT2D eigenvalue weighted by molar-refractivity contribution is 7.89. The van der Waals surface area contributed by atoms with Crippen molar-refractivity contribution in [2.24, 2.45) is 5.92 Å². The minimum absolute atomic E-state index is 0.244. The first kappa shape index (κ1) is 14.9. The quantitative estimate of drug-likeness (QED) is 0.586. The molecule has 17 heavy (non-hydrogen) atoms. The number of sulfonamides is 1. The summed E-state index contributed by atoms with van der Waals surface area (Å²) < 4.78 is 25.9. The van der Waals surface area contributed by atoms with E-state index >= 15 is 0 Å². The Balaban J connectivity index is 2.00. The van der Waals surface area contributed by atoms with Gasteiger partial charge in [-0.05, 0) is 38.3 Å². The van der Waals surface area contributed by atoms with E-state index in [0.717, 1.165) is 31.8 Å². The van der Waals surface area contributed by atoms with Crippen molar-refractivity contribution in [3.8, 4) is 0 Å². The maximum absolute atomic E-state index is 11.6. The van der Waals surface area contributed by atoms with Gasteiger partial charge in [-0.2, -0.15) is 0 Å². The second kappa shape index (κ2) is 8.06. The predicted octanol–water partition coefficient (Wildman–Crippen LogP) is 1.49. The van der Waals surface area contributed by atoms with Crippen molar-refractivity contribution in [1.82, 2.24) is 10.0 Å². The maximum atomic E-state index is 11.6. The van der Waals surface area contributed by atoms with Crippen LogP contribution in [0.15, 0.2) is 0 Å². The van der Waals surface area contributed by atoms with Crippen molar-refractivity contribution < 1.29 is 8.42 Å². The first-order valence-corrected chi connectivity index (χ1v) is 8.47. The highest BCUT2D eigenvalue weighted by Crippen LogP contribution is 2.28. The summed E-state index contributed by atoms with van der Waals surface area (Å²) in [6.07, 6.45) is 6.67. The molecule has 0 aromatic heterocycles. The normalized spacial score (nSPS) is 17.0. The van der Waals surface area contributed by atoms with Crippen molar-refractivity contribution >= 4 is 10.0 Å². The Morgan fingerprint density at radius 1 is 1.18 bits per heavy atom. The van der Waals surface area contributed by atoms with Crippen LogP contribution in [0, 0.1) is 5.92 Å². The van der Waals surface area contributed by atoms with Gasteiger partial charge in [0.15, 0.2) is 0 Å². The summed E-state index contributed by atoms with van der Waals surface area (Å²) in [4.78, 5) is 0. The standard InChI is InChI=1S/C12H26N2O2S/c1-2-8-13-9-4-11-17(15,16)14-10-7-12-5-3-6-12/h12-14H,2-11H2,1H3. The van der Waals surface area contributed by atoms with Gasteiger partial charge in [0.1, 0.15) is 0 Å². The van der Waals surface area contributed by atoms with Crippen LogP contribution in [-0.4, -0.2) is 33.8 Å². The third-order valence-corrected chi connectivity index (χ3v) is 4.76. The zero-order valence-corrected chi connectivity index (χ0v) is 11.7. The highest BCUT2D eigenvalue weighted by Gasteiger charge is 2.17. The molecule has 0 heterocycles. The molecule has 102 valence electrons. The van der Waals surface area contributed by atoms with Crippen LogP contribution < -0.4 is 10.0 Å². The molecule has 2 N–H and O–H groups in total. The molecule has 1 aliphatic rings.